The molecule has 2 fully saturated rings. The number of fused-ring (bicyclic) bond motifs is 2. The molecule has 2 N–H and O–H groups in total. The van der Waals surface area contributed by atoms with Crippen molar-refractivity contribution < 1.29 is 19.7 Å². The monoisotopic (exact) mass is 450 g/mol. The van der Waals surface area contributed by atoms with Crippen LogP contribution in [0.25, 0.3) is 0 Å². The fourth-order valence-corrected chi connectivity index (χ4v) is 5.09. The lowest BCUT2D eigenvalue weighted by Gasteiger charge is -2.34. The van der Waals surface area contributed by atoms with Gasteiger partial charge in [0.15, 0.2) is 0 Å². The van der Waals surface area contributed by atoms with Crippen molar-refractivity contribution >= 4 is 5.97 Å². The zero-order chi connectivity index (χ0) is 23.5. The molecule has 5 atom stereocenters. The van der Waals surface area contributed by atoms with Crippen LogP contribution in [0.3, 0.4) is 0 Å². The van der Waals surface area contributed by atoms with Gasteiger partial charge in [0, 0.05) is 17.9 Å². The van der Waals surface area contributed by atoms with E-state index in [0.717, 1.165) is 50.5 Å². The van der Waals surface area contributed by atoms with Crippen molar-refractivity contribution in [3.05, 3.63) is 60.2 Å². The predicted molar refractivity (Wildman–Crippen MR) is 132 cm³/mol. The van der Waals surface area contributed by atoms with E-state index in [2.05, 4.69) is 37.0 Å². The number of benzene rings is 1. The maximum Gasteiger partial charge on any atom is 0.303 e. The number of rotatable bonds is 12. The summed E-state index contributed by atoms with van der Waals surface area (Å²) >= 11 is 0. The third-order valence-corrected chi connectivity index (χ3v) is 6.93. The number of allylic oxidation sites excluding steroid dienone is 2. The average molecular weight is 451 g/mol. The van der Waals surface area contributed by atoms with Crippen LogP contribution in [0.4, 0.5) is 0 Å². The summed E-state index contributed by atoms with van der Waals surface area (Å²) in [6.45, 7) is 2.82. The van der Waals surface area contributed by atoms with Gasteiger partial charge in [-0.3, -0.25) is 4.79 Å². The Hall–Kier alpha value is -2.35. The Morgan fingerprint density at radius 3 is 2.82 bits per heavy atom. The fraction of sp³-hybridized carbons (Fsp3) is 0.552. The van der Waals surface area contributed by atoms with E-state index in [1.165, 1.54) is 0 Å². The summed E-state index contributed by atoms with van der Waals surface area (Å²) in [6, 6.07) is 10.1. The van der Waals surface area contributed by atoms with E-state index < -0.39 is 12.1 Å². The average Bonchev–Trinajstić information content (AvgIpc) is 3.36. The van der Waals surface area contributed by atoms with Gasteiger partial charge in [0.2, 0.25) is 0 Å². The molecular formula is C29H38O4. The topological polar surface area (TPSA) is 66.8 Å². The maximum atomic E-state index is 10.7. The van der Waals surface area contributed by atoms with E-state index in [-0.39, 0.29) is 23.9 Å². The van der Waals surface area contributed by atoms with Crippen molar-refractivity contribution in [1.82, 2.24) is 0 Å². The first-order valence-corrected chi connectivity index (χ1v) is 12.5. The Labute approximate surface area is 198 Å². The van der Waals surface area contributed by atoms with Gasteiger partial charge in [-0.05, 0) is 50.2 Å². The minimum atomic E-state index is -0.744. The van der Waals surface area contributed by atoms with Gasteiger partial charge in [-0.2, -0.15) is 0 Å². The van der Waals surface area contributed by atoms with Gasteiger partial charge in [-0.15, -0.1) is 0 Å². The molecule has 0 spiro atoms. The SMILES string of the molecule is CCCCC[C@H](O)C=C[C@@H]1[C@@H]2C[C@@](C#Cc3ccccc3)(CO2)[C@H]1CC=CCCCC(=O)O. The van der Waals surface area contributed by atoms with Gasteiger partial charge in [-0.1, -0.05) is 80.5 Å². The van der Waals surface area contributed by atoms with Gasteiger partial charge in [0.1, 0.15) is 0 Å². The second kappa shape index (κ2) is 12.8. The molecule has 1 saturated carbocycles. The highest BCUT2D eigenvalue weighted by Gasteiger charge is 2.57. The second-order valence-corrected chi connectivity index (χ2v) is 9.45. The number of hydrogen-bond acceptors (Lipinski definition) is 3. The largest absolute Gasteiger partial charge is 0.481 e. The van der Waals surface area contributed by atoms with Gasteiger partial charge < -0.3 is 14.9 Å². The van der Waals surface area contributed by atoms with Gasteiger partial charge >= 0.3 is 5.97 Å². The summed E-state index contributed by atoms with van der Waals surface area (Å²) in [5, 5.41) is 19.2. The van der Waals surface area contributed by atoms with Gasteiger partial charge in [0.25, 0.3) is 0 Å². The number of unbranched alkanes of at least 4 members (excludes halogenated alkanes) is 3. The van der Waals surface area contributed by atoms with Crippen LogP contribution >= 0.6 is 0 Å². The van der Waals surface area contributed by atoms with E-state index >= 15 is 0 Å². The summed E-state index contributed by atoms with van der Waals surface area (Å²) in [6.07, 6.45) is 15.8. The third kappa shape index (κ3) is 7.32. The molecule has 0 amide bonds. The van der Waals surface area contributed by atoms with Crippen molar-refractivity contribution in [2.45, 2.75) is 76.9 Å². The van der Waals surface area contributed by atoms with Crippen LogP contribution in [0.5, 0.6) is 0 Å². The van der Waals surface area contributed by atoms with Crippen molar-refractivity contribution in [2.24, 2.45) is 17.3 Å². The molecule has 2 aliphatic rings. The highest BCUT2D eigenvalue weighted by Crippen LogP contribution is 2.55. The first-order valence-electron chi connectivity index (χ1n) is 12.5. The van der Waals surface area contributed by atoms with Crippen molar-refractivity contribution in [1.29, 1.82) is 0 Å². The molecule has 2 bridgehead atoms. The fourth-order valence-electron chi connectivity index (χ4n) is 5.09. The van der Waals surface area contributed by atoms with E-state index in [4.69, 9.17) is 9.84 Å². The molecule has 178 valence electrons. The van der Waals surface area contributed by atoms with Crippen LogP contribution in [-0.4, -0.2) is 35.0 Å². The molecule has 1 aliphatic carbocycles. The van der Waals surface area contributed by atoms with Crippen LogP contribution in [0, 0.1) is 29.1 Å². The molecule has 1 saturated heterocycles. The smallest absolute Gasteiger partial charge is 0.303 e. The van der Waals surface area contributed by atoms with E-state index in [1.54, 1.807) is 0 Å². The van der Waals surface area contributed by atoms with Crippen LogP contribution < -0.4 is 0 Å². The van der Waals surface area contributed by atoms with Crippen molar-refractivity contribution in [2.75, 3.05) is 6.61 Å². The van der Waals surface area contributed by atoms with Gasteiger partial charge in [-0.25, -0.2) is 0 Å². The van der Waals surface area contributed by atoms with E-state index in [9.17, 15) is 9.90 Å². The number of ether oxygens (including phenoxy) is 1. The number of aliphatic carboxylic acids is 1. The Morgan fingerprint density at radius 2 is 2.06 bits per heavy atom. The highest BCUT2D eigenvalue weighted by atomic mass is 16.5. The maximum absolute atomic E-state index is 10.7. The van der Waals surface area contributed by atoms with Crippen LogP contribution in [0.1, 0.15) is 70.3 Å². The molecule has 1 heterocycles. The standard InChI is InChI=1S/C29H38O4/c1-2-3-7-14-24(30)17-18-25-26(15-10-4-5-11-16-28(31)32)29(21-27(25)33-22-29)20-19-23-12-8-6-9-13-23/h4,6,8-10,12-13,17-18,24-27,30H,2-3,5,7,11,14-16,21-22H2,1H3,(H,31,32)/t24-,25-,26-,27-,29-/m0/s1. The summed E-state index contributed by atoms with van der Waals surface area (Å²) in [5.74, 6) is 6.79. The third-order valence-electron chi connectivity index (χ3n) is 6.93. The first-order chi connectivity index (χ1) is 16.0. The number of aliphatic hydroxyl groups excluding tert-OH is 1. The molecule has 1 aliphatic heterocycles. The Balaban J connectivity index is 1.72. The highest BCUT2D eigenvalue weighted by molar-refractivity contribution is 5.66. The zero-order valence-electron chi connectivity index (χ0n) is 19.8. The molecule has 3 rings (SSSR count). The first kappa shape index (κ1) is 25.3. The molecular weight excluding hydrogens is 412 g/mol. The number of carboxylic acids is 1. The van der Waals surface area contributed by atoms with Crippen LogP contribution in [-0.2, 0) is 9.53 Å². The minimum absolute atomic E-state index is 0.138. The molecule has 4 nitrogen and oxygen atoms in total. The molecule has 0 radical (unpaired) electrons. The molecule has 1 aromatic carbocycles. The normalized spacial score (nSPS) is 27.2. The molecule has 33 heavy (non-hydrogen) atoms. The molecule has 1 aromatic rings. The lowest BCUT2D eigenvalue weighted by Crippen LogP contribution is -2.35. The predicted octanol–water partition coefficient (Wildman–Crippen LogP) is 5.76. The number of hydrogen-bond donors (Lipinski definition) is 2. The summed E-state index contributed by atoms with van der Waals surface area (Å²) in [5.41, 5.74) is 0.831. The van der Waals surface area contributed by atoms with Crippen molar-refractivity contribution in [3.8, 4) is 11.8 Å². The Morgan fingerprint density at radius 1 is 1.24 bits per heavy atom. The van der Waals surface area contributed by atoms with Crippen LogP contribution in [0.15, 0.2) is 54.6 Å². The van der Waals surface area contributed by atoms with Crippen molar-refractivity contribution in [3.63, 3.8) is 0 Å². The van der Waals surface area contributed by atoms with Gasteiger partial charge in [0.05, 0.1) is 24.2 Å². The minimum Gasteiger partial charge on any atom is -0.481 e. The lowest BCUT2D eigenvalue weighted by atomic mass is 9.73. The molecule has 0 unspecified atom stereocenters. The van der Waals surface area contributed by atoms with E-state index in [1.807, 2.05) is 36.4 Å². The Kier molecular flexibility index (Phi) is 9.78. The zero-order valence-corrected chi connectivity index (χ0v) is 19.8. The second-order valence-electron chi connectivity index (χ2n) is 9.45. The molecule has 4 heteroatoms. The quantitative estimate of drug-likeness (QED) is 0.241. The molecule has 0 aromatic heterocycles. The van der Waals surface area contributed by atoms with Crippen LogP contribution in [0.2, 0.25) is 0 Å². The van der Waals surface area contributed by atoms with E-state index in [0.29, 0.717) is 18.9 Å². The summed E-state index contributed by atoms with van der Waals surface area (Å²) in [7, 11) is 0. The number of carboxylic acid groups (broad SMARTS) is 1. The summed E-state index contributed by atoms with van der Waals surface area (Å²) in [4.78, 5) is 10.7. The number of aliphatic hydroxyl groups is 1. The summed E-state index contributed by atoms with van der Waals surface area (Å²) < 4.78 is 6.16. The lowest BCUT2D eigenvalue weighted by molar-refractivity contribution is -0.137. The number of carbonyl (C=O) groups is 1. The Bertz CT molecular complexity index is 863.